The molecule has 0 atom stereocenters. The molecule has 2 aromatic heterocycles. The Labute approximate surface area is 141 Å². The zero-order chi connectivity index (χ0) is 18.0. The lowest BCUT2D eigenvalue weighted by molar-refractivity contribution is -0.114. The highest BCUT2D eigenvalue weighted by molar-refractivity contribution is 7.91. The Hall–Kier alpha value is -3.14. The highest BCUT2D eigenvalue weighted by Gasteiger charge is 2.26. The Bertz CT molecular complexity index is 1020. The second-order valence-electron chi connectivity index (χ2n) is 5.07. The van der Waals surface area contributed by atoms with Gasteiger partial charge in [0.05, 0.1) is 9.79 Å². The molecule has 3 aromatic rings. The Balaban J connectivity index is 1.89. The number of rotatable bonds is 6. The van der Waals surface area contributed by atoms with Crippen LogP contribution in [0.5, 0.6) is 0 Å². The van der Waals surface area contributed by atoms with Crippen LogP contribution in [-0.4, -0.2) is 40.1 Å². The molecule has 3 rings (SSSR count). The van der Waals surface area contributed by atoms with Gasteiger partial charge in [-0.3, -0.25) is 14.7 Å². The smallest absolute Gasteiger partial charge is 0.265 e. The van der Waals surface area contributed by atoms with Crippen LogP contribution in [0.25, 0.3) is 0 Å². The molecule has 10 heteroatoms. The van der Waals surface area contributed by atoms with E-state index in [-0.39, 0.29) is 21.2 Å². The fourth-order valence-electron chi connectivity index (χ4n) is 2.21. The maximum Gasteiger partial charge on any atom is 0.265 e. The van der Waals surface area contributed by atoms with Crippen LogP contribution in [-0.2, 0) is 21.1 Å². The number of H-pyrrole nitrogens is 2. The van der Waals surface area contributed by atoms with Crippen LogP contribution in [0.4, 0.5) is 4.39 Å². The second-order valence-corrected chi connectivity index (χ2v) is 6.98. The van der Waals surface area contributed by atoms with Gasteiger partial charge in [-0.1, -0.05) is 0 Å². The molecule has 0 saturated carbocycles. The predicted molar refractivity (Wildman–Crippen MR) is 82.1 cm³/mol. The van der Waals surface area contributed by atoms with Crippen LogP contribution in [0, 0.1) is 5.82 Å². The van der Waals surface area contributed by atoms with Gasteiger partial charge in [0, 0.05) is 18.8 Å². The number of halogens is 1. The molecule has 0 aliphatic rings. The van der Waals surface area contributed by atoms with Crippen molar-refractivity contribution in [2.45, 2.75) is 16.2 Å². The third kappa shape index (κ3) is 3.24. The van der Waals surface area contributed by atoms with Crippen LogP contribution in [0.2, 0.25) is 0 Å². The van der Waals surface area contributed by atoms with Crippen LogP contribution < -0.4 is 0 Å². The third-order valence-corrected chi connectivity index (χ3v) is 5.29. The molecule has 1 aromatic carbocycles. The number of hydrogen-bond donors (Lipinski definition) is 2. The summed E-state index contributed by atoms with van der Waals surface area (Å²) in [7, 11) is -3.97. The summed E-state index contributed by atoms with van der Waals surface area (Å²) in [4.78, 5) is 29.9. The average molecular weight is 362 g/mol. The van der Waals surface area contributed by atoms with Crippen LogP contribution >= 0.6 is 0 Å². The number of aromatic nitrogens is 4. The standard InChI is InChI=1S/C15H11FN4O4S/c16-10-1-3-11(4-2-10)25(23,24)13-7-17-6-9(13)5-12(21)14(22)15-18-8-19-20-15/h1-4,6-8,17H,5H2,(H,18,19,20). The molecule has 128 valence electrons. The van der Waals surface area contributed by atoms with Gasteiger partial charge in [-0.2, -0.15) is 5.10 Å². The minimum Gasteiger partial charge on any atom is -0.366 e. The average Bonchev–Trinajstić information content (AvgIpc) is 3.26. The summed E-state index contributed by atoms with van der Waals surface area (Å²) in [6, 6.07) is 4.31. The Kier molecular flexibility index (Phi) is 4.28. The molecule has 0 unspecified atom stereocenters. The van der Waals surface area contributed by atoms with Crippen LogP contribution in [0.1, 0.15) is 16.2 Å². The van der Waals surface area contributed by atoms with Crippen LogP contribution in [0.15, 0.2) is 52.8 Å². The number of carbonyl (C=O) groups is 2. The van der Waals surface area contributed by atoms with Gasteiger partial charge in [0.2, 0.25) is 15.6 Å². The Morgan fingerprint density at radius 2 is 1.84 bits per heavy atom. The zero-order valence-electron chi connectivity index (χ0n) is 12.6. The first-order chi connectivity index (χ1) is 11.9. The number of ketones is 2. The highest BCUT2D eigenvalue weighted by atomic mass is 32.2. The fraction of sp³-hybridized carbons (Fsp3) is 0.0667. The SMILES string of the molecule is O=C(Cc1c[nH]cc1S(=O)(=O)c1ccc(F)cc1)C(=O)c1ncn[nH]1. The van der Waals surface area contributed by atoms with E-state index >= 15 is 0 Å². The predicted octanol–water partition coefficient (Wildman–Crippen LogP) is 1.10. The van der Waals surface area contributed by atoms with E-state index in [0.29, 0.717) is 0 Å². The summed E-state index contributed by atoms with van der Waals surface area (Å²) in [6.07, 6.45) is 3.18. The number of aromatic amines is 2. The van der Waals surface area contributed by atoms with Gasteiger partial charge in [-0.15, -0.1) is 0 Å². The van der Waals surface area contributed by atoms with Crippen molar-refractivity contribution in [3.63, 3.8) is 0 Å². The molecule has 0 saturated heterocycles. The molecule has 0 spiro atoms. The van der Waals surface area contributed by atoms with Gasteiger partial charge in [0.1, 0.15) is 12.1 Å². The fourth-order valence-corrected chi connectivity index (χ4v) is 3.66. The summed E-state index contributed by atoms with van der Waals surface area (Å²) >= 11 is 0. The van der Waals surface area contributed by atoms with Crippen molar-refractivity contribution in [1.29, 1.82) is 0 Å². The number of nitrogens with zero attached hydrogens (tertiary/aromatic N) is 2. The molecule has 0 aliphatic carbocycles. The van der Waals surface area contributed by atoms with Gasteiger partial charge < -0.3 is 4.98 Å². The summed E-state index contributed by atoms with van der Waals surface area (Å²) in [6.45, 7) is 0. The van der Waals surface area contributed by atoms with E-state index in [4.69, 9.17) is 0 Å². The normalized spacial score (nSPS) is 11.4. The lowest BCUT2D eigenvalue weighted by atomic mass is 10.1. The van der Waals surface area contributed by atoms with Crippen molar-refractivity contribution in [2.24, 2.45) is 0 Å². The number of benzene rings is 1. The van der Waals surface area contributed by atoms with Gasteiger partial charge in [-0.25, -0.2) is 17.8 Å². The van der Waals surface area contributed by atoms with E-state index in [0.717, 1.165) is 30.6 Å². The van der Waals surface area contributed by atoms with Crippen molar-refractivity contribution < 1.29 is 22.4 Å². The van der Waals surface area contributed by atoms with E-state index in [1.807, 2.05) is 0 Å². The lowest BCUT2D eigenvalue weighted by Gasteiger charge is -2.05. The molecular weight excluding hydrogens is 351 g/mol. The molecule has 2 N–H and O–H groups in total. The van der Waals surface area contributed by atoms with Crippen LogP contribution in [0.3, 0.4) is 0 Å². The number of nitrogens with one attached hydrogen (secondary N) is 2. The molecular formula is C15H11FN4O4S. The summed E-state index contributed by atoms with van der Waals surface area (Å²) in [5.41, 5.74) is 0.127. The first-order valence-corrected chi connectivity index (χ1v) is 8.47. The van der Waals surface area contributed by atoms with Gasteiger partial charge >= 0.3 is 0 Å². The van der Waals surface area contributed by atoms with Gasteiger partial charge in [0.15, 0.2) is 5.82 Å². The van der Waals surface area contributed by atoms with Crippen molar-refractivity contribution >= 4 is 21.4 Å². The zero-order valence-corrected chi connectivity index (χ0v) is 13.4. The van der Waals surface area contributed by atoms with Crippen molar-refractivity contribution in [3.05, 3.63) is 60.2 Å². The molecule has 0 bridgehead atoms. The lowest BCUT2D eigenvalue weighted by Crippen LogP contribution is -2.19. The molecule has 0 radical (unpaired) electrons. The maximum atomic E-state index is 13.0. The molecule has 0 fully saturated rings. The van der Waals surface area contributed by atoms with E-state index in [9.17, 15) is 22.4 Å². The highest BCUT2D eigenvalue weighted by Crippen LogP contribution is 2.24. The largest absolute Gasteiger partial charge is 0.366 e. The van der Waals surface area contributed by atoms with Crippen molar-refractivity contribution in [1.82, 2.24) is 20.2 Å². The molecule has 0 aliphatic heterocycles. The van der Waals surface area contributed by atoms with Crippen molar-refractivity contribution in [2.75, 3.05) is 0 Å². The Morgan fingerprint density at radius 3 is 2.48 bits per heavy atom. The molecule has 2 heterocycles. The van der Waals surface area contributed by atoms with Gasteiger partial charge in [0.25, 0.3) is 5.78 Å². The first kappa shape index (κ1) is 16.7. The summed E-state index contributed by atoms with van der Waals surface area (Å²) in [5, 5.41) is 5.76. The quantitative estimate of drug-likeness (QED) is 0.384. The summed E-state index contributed by atoms with van der Waals surface area (Å²) < 4.78 is 38.3. The third-order valence-electron chi connectivity index (χ3n) is 3.44. The number of sulfone groups is 1. The molecule has 8 nitrogen and oxygen atoms in total. The Morgan fingerprint density at radius 1 is 1.12 bits per heavy atom. The van der Waals surface area contributed by atoms with Gasteiger partial charge in [-0.05, 0) is 29.8 Å². The minimum absolute atomic E-state index is 0.122. The maximum absolute atomic E-state index is 13.0. The monoisotopic (exact) mass is 362 g/mol. The van der Waals surface area contributed by atoms with Crippen molar-refractivity contribution in [3.8, 4) is 0 Å². The topological polar surface area (TPSA) is 126 Å². The second kappa shape index (κ2) is 6.40. The number of Topliss-reactive ketones (excluding diaryl/α,β-unsaturated/α-hetero) is 2. The number of carbonyl (C=O) groups excluding carboxylic acids is 2. The van der Waals surface area contributed by atoms with E-state index in [1.165, 1.54) is 12.4 Å². The number of hydrogen-bond acceptors (Lipinski definition) is 6. The first-order valence-electron chi connectivity index (χ1n) is 6.99. The van der Waals surface area contributed by atoms with E-state index in [2.05, 4.69) is 20.2 Å². The van der Waals surface area contributed by atoms with E-state index < -0.39 is 33.6 Å². The molecule has 0 amide bonds. The molecule has 25 heavy (non-hydrogen) atoms. The van der Waals surface area contributed by atoms with E-state index in [1.54, 1.807) is 0 Å². The summed E-state index contributed by atoms with van der Waals surface area (Å²) in [5.74, 6) is -2.53. The minimum atomic E-state index is -3.97.